The summed E-state index contributed by atoms with van der Waals surface area (Å²) in [5.41, 5.74) is 4.17. The van der Waals surface area contributed by atoms with Crippen LogP contribution in [0.2, 0.25) is 0 Å². The van der Waals surface area contributed by atoms with Crippen molar-refractivity contribution in [3.63, 3.8) is 0 Å². The van der Waals surface area contributed by atoms with Crippen LogP contribution in [0.1, 0.15) is 0 Å². The van der Waals surface area contributed by atoms with Gasteiger partial charge in [0, 0.05) is 0 Å². The van der Waals surface area contributed by atoms with Crippen LogP contribution >= 0.6 is 24.0 Å². The Kier molecular flexibility index (Phi) is 23.9. The molecule has 0 aliphatic rings. The lowest BCUT2D eigenvalue weighted by Gasteiger charge is -1.32. The zero-order valence-electron chi connectivity index (χ0n) is 1.97. The molecule has 2 nitrogen and oxygen atoms in total. The van der Waals surface area contributed by atoms with Crippen molar-refractivity contribution in [3.8, 4) is 0 Å². The quantitative estimate of drug-likeness (QED) is 0.397. The minimum absolute atomic E-state index is 0. The molecule has 0 saturated carbocycles. The minimum atomic E-state index is 0. The highest BCUT2D eigenvalue weighted by molar-refractivity contribution is 14.0. The van der Waals surface area contributed by atoms with E-state index in [0.717, 1.165) is 0 Å². The van der Waals surface area contributed by atoms with Crippen molar-refractivity contribution in [2.75, 3.05) is 0 Å². The molecular formula is CH4INO. The minimum Gasteiger partial charge on any atom is -0.372 e. The molecule has 4 heavy (non-hydrogen) atoms. The molecule has 0 aromatic carbocycles. The molecule has 0 aliphatic carbocycles. The van der Waals surface area contributed by atoms with E-state index >= 15 is 0 Å². The maximum Gasteiger partial charge on any atom is 0.204 e. The lowest BCUT2D eigenvalue weighted by atomic mass is 11.5. The highest BCUT2D eigenvalue weighted by atomic mass is 127. The number of carbonyl (C=O) groups excluding carboxylic acids is 1. The fraction of sp³-hybridized carbons (Fsp3) is 0. The van der Waals surface area contributed by atoms with Crippen LogP contribution in [0.4, 0.5) is 0 Å². The normalized spacial score (nSPS) is 3.00. The van der Waals surface area contributed by atoms with Crippen LogP contribution in [0.25, 0.3) is 0 Å². The van der Waals surface area contributed by atoms with Crippen molar-refractivity contribution >= 4 is 30.4 Å². The van der Waals surface area contributed by atoms with E-state index in [1.54, 1.807) is 0 Å². The molecule has 0 radical (unpaired) electrons. The Morgan fingerprint density at radius 3 is 1.75 bits per heavy atom. The summed E-state index contributed by atoms with van der Waals surface area (Å²) < 4.78 is 0. The number of nitrogens with two attached hydrogens (primary N) is 1. The van der Waals surface area contributed by atoms with E-state index in [0.29, 0.717) is 0 Å². The first-order chi connectivity index (χ1) is 1.41. The highest BCUT2D eigenvalue weighted by Gasteiger charge is 1.19. The summed E-state index contributed by atoms with van der Waals surface area (Å²) in [6, 6.07) is 0. The van der Waals surface area contributed by atoms with Gasteiger partial charge in [-0.3, -0.25) is 4.79 Å². The van der Waals surface area contributed by atoms with Crippen LogP contribution in [0.15, 0.2) is 0 Å². The van der Waals surface area contributed by atoms with E-state index in [4.69, 9.17) is 4.79 Å². The van der Waals surface area contributed by atoms with Crippen LogP contribution in [0.3, 0.4) is 0 Å². The molecule has 0 aromatic heterocycles. The third-order valence-corrected chi connectivity index (χ3v) is 0. The Balaban J connectivity index is 0. The Morgan fingerprint density at radius 2 is 1.75 bits per heavy atom. The number of carbonyl (C=O) groups is 1. The zero-order chi connectivity index (χ0) is 2.71. The van der Waals surface area contributed by atoms with Gasteiger partial charge in [0.1, 0.15) is 0 Å². The smallest absolute Gasteiger partial charge is 0.204 e. The molecule has 0 rings (SSSR count). The van der Waals surface area contributed by atoms with Crippen LogP contribution < -0.4 is 5.73 Å². The Bertz CT molecular complexity index is 15.5. The van der Waals surface area contributed by atoms with Gasteiger partial charge in [0.2, 0.25) is 6.41 Å². The molecule has 26 valence electrons. The maximum atomic E-state index is 8.58. The van der Waals surface area contributed by atoms with Crippen LogP contribution in [0.5, 0.6) is 0 Å². The highest BCUT2D eigenvalue weighted by Crippen LogP contribution is 0.886. The summed E-state index contributed by atoms with van der Waals surface area (Å²) in [7, 11) is 0. The van der Waals surface area contributed by atoms with Gasteiger partial charge >= 0.3 is 0 Å². The number of hydrogen-bond acceptors (Lipinski definition) is 1. The summed E-state index contributed by atoms with van der Waals surface area (Å²) in [5.74, 6) is 0. The Hall–Kier alpha value is 0.200. The van der Waals surface area contributed by atoms with Crippen LogP contribution in [-0.2, 0) is 4.79 Å². The van der Waals surface area contributed by atoms with Crippen molar-refractivity contribution in [1.29, 1.82) is 0 Å². The van der Waals surface area contributed by atoms with Gasteiger partial charge in [-0.25, -0.2) is 0 Å². The molecule has 0 aromatic rings. The van der Waals surface area contributed by atoms with Gasteiger partial charge in [0.15, 0.2) is 0 Å². The Labute approximate surface area is 41.4 Å². The second kappa shape index (κ2) is 10.8. The van der Waals surface area contributed by atoms with Gasteiger partial charge in [-0.15, -0.1) is 24.0 Å². The molecule has 2 N–H and O–H groups in total. The standard InChI is InChI=1S/CH3NO.HI/c2-1-3;/h1H,(H2,2,3);1H. The fourth-order valence-corrected chi connectivity index (χ4v) is 0. The molecule has 0 atom stereocenters. The lowest BCUT2D eigenvalue weighted by Crippen LogP contribution is -1.82. The summed E-state index contributed by atoms with van der Waals surface area (Å²) in [5, 5.41) is 0. The second-order valence-electron chi connectivity index (χ2n) is 0.136. The molecule has 1 amide bonds. The largest absolute Gasteiger partial charge is 0.372 e. The predicted molar refractivity (Wildman–Crippen MR) is 25.7 cm³/mol. The van der Waals surface area contributed by atoms with E-state index in [2.05, 4.69) is 5.73 Å². The first-order valence-corrected chi connectivity index (χ1v) is 0.569. The first-order valence-electron chi connectivity index (χ1n) is 0.569. The Morgan fingerprint density at radius 1 is 1.75 bits per heavy atom. The number of rotatable bonds is 0. The van der Waals surface area contributed by atoms with Crippen molar-refractivity contribution in [1.82, 2.24) is 0 Å². The van der Waals surface area contributed by atoms with Crippen molar-refractivity contribution in [3.05, 3.63) is 0 Å². The van der Waals surface area contributed by atoms with E-state index in [1.807, 2.05) is 0 Å². The summed E-state index contributed by atoms with van der Waals surface area (Å²) in [4.78, 5) is 8.58. The second-order valence-corrected chi connectivity index (χ2v) is 0.136. The SMILES string of the molecule is I.NC=O. The summed E-state index contributed by atoms with van der Waals surface area (Å²) in [6.07, 6.45) is 0.250. The lowest BCUT2D eigenvalue weighted by molar-refractivity contribution is -0.106. The van der Waals surface area contributed by atoms with E-state index in [-0.39, 0.29) is 30.4 Å². The van der Waals surface area contributed by atoms with E-state index in [1.165, 1.54) is 0 Å². The average molecular weight is 173 g/mol. The van der Waals surface area contributed by atoms with Gasteiger partial charge in [-0.05, 0) is 0 Å². The molecule has 3 heteroatoms. The van der Waals surface area contributed by atoms with Crippen molar-refractivity contribution in [2.45, 2.75) is 0 Å². The number of amides is 1. The molecule has 0 fully saturated rings. The predicted octanol–water partition coefficient (Wildman–Crippen LogP) is -0.280. The molecular weight excluding hydrogens is 169 g/mol. The summed E-state index contributed by atoms with van der Waals surface area (Å²) in [6.45, 7) is 0. The first kappa shape index (κ1) is 8.89. The monoisotopic (exact) mass is 173 g/mol. The number of hydrogen-bond donors (Lipinski definition) is 1. The molecule has 0 saturated heterocycles. The molecule has 0 spiro atoms. The maximum absolute atomic E-state index is 8.58. The van der Waals surface area contributed by atoms with Gasteiger partial charge in [-0.2, -0.15) is 0 Å². The zero-order valence-corrected chi connectivity index (χ0v) is 4.30. The molecule has 0 heterocycles. The third kappa shape index (κ3) is 79.2. The van der Waals surface area contributed by atoms with Crippen molar-refractivity contribution < 1.29 is 4.79 Å². The number of primary amides is 1. The average Bonchev–Trinajstić information content (AvgIpc) is 0.918. The summed E-state index contributed by atoms with van der Waals surface area (Å²) >= 11 is 0. The molecule has 0 aliphatic heterocycles. The number of halogens is 1. The van der Waals surface area contributed by atoms with Gasteiger partial charge < -0.3 is 5.73 Å². The molecule has 0 unspecified atom stereocenters. The van der Waals surface area contributed by atoms with Crippen LogP contribution in [-0.4, -0.2) is 6.41 Å². The van der Waals surface area contributed by atoms with Gasteiger partial charge in [0.05, 0.1) is 0 Å². The van der Waals surface area contributed by atoms with Gasteiger partial charge in [0.25, 0.3) is 0 Å². The van der Waals surface area contributed by atoms with Crippen LogP contribution in [0, 0.1) is 0 Å². The fourth-order valence-electron chi connectivity index (χ4n) is 0. The van der Waals surface area contributed by atoms with Gasteiger partial charge in [-0.1, -0.05) is 0 Å². The van der Waals surface area contributed by atoms with Crippen molar-refractivity contribution in [2.24, 2.45) is 5.73 Å². The topological polar surface area (TPSA) is 43.1 Å². The third-order valence-electron chi connectivity index (χ3n) is 0. The molecule has 0 bridgehead atoms. The van der Waals surface area contributed by atoms with E-state index < -0.39 is 0 Å². The van der Waals surface area contributed by atoms with E-state index in [9.17, 15) is 0 Å².